The zero-order valence-corrected chi connectivity index (χ0v) is 19.1. The number of carboxylic acids is 1. The first kappa shape index (κ1) is 24.0. The van der Waals surface area contributed by atoms with E-state index in [2.05, 4.69) is 5.32 Å². The van der Waals surface area contributed by atoms with Gasteiger partial charge in [0.1, 0.15) is 5.60 Å². The van der Waals surface area contributed by atoms with E-state index < -0.39 is 36.0 Å². The van der Waals surface area contributed by atoms with Gasteiger partial charge in [-0.1, -0.05) is 24.3 Å². The summed E-state index contributed by atoms with van der Waals surface area (Å²) in [6.45, 7) is 14.9. The summed E-state index contributed by atoms with van der Waals surface area (Å²) in [5, 5.41) is 12.4. The maximum Gasteiger partial charge on any atom is 0.492 e. The van der Waals surface area contributed by atoms with Crippen molar-refractivity contribution in [3.05, 3.63) is 40.4 Å². The SMILES string of the molecule is Cc1cccc(C=C(CNC(=O)OC(C)(C)C)B2OC(C)(C)C(C)(C)O2)c1C(=O)O. The second-order valence-electron chi connectivity index (χ2n) is 9.51. The van der Waals surface area contributed by atoms with Crippen molar-refractivity contribution in [2.75, 3.05) is 6.54 Å². The van der Waals surface area contributed by atoms with Crippen molar-refractivity contribution in [1.29, 1.82) is 0 Å². The third-order valence-electron chi connectivity index (χ3n) is 5.25. The number of nitrogens with one attached hydrogen (secondary N) is 1. The van der Waals surface area contributed by atoms with Crippen LogP contribution >= 0.6 is 0 Å². The predicted molar refractivity (Wildman–Crippen MR) is 116 cm³/mol. The van der Waals surface area contributed by atoms with Gasteiger partial charge in [-0.15, -0.1) is 0 Å². The highest BCUT2D eigenvalue weighted by Crippen LogP contribution is 2.39. The molecule has 0 radical (unpaired) electrons. The molecule has 30 heavy (non-hydrogen) atoms. The average Bonchev–Trinajstić information content (AvgIpc) is 2.77. The van der Waals surface area contributed by atoms with Gasteiger partial charge in [-0.05, 0) is 72.0 Å². The van der Waals surface area contributed by atoms with Crippen LogP contribution in [0.5, 0.6) is 0 Å². The Morgan fingerprint density at radius 3 is 2.23 bits per heavy atom. The van der Waals surface area contributed by atoms with Gasteiger partial charge in [0.2, 0.25) is 0 Å². The van der Waals surface area contributed by atoms with Crippen LogP contribution in [-0.2, 0) is 14.0 Å². The summed E-state index contributed by atoms with van der Waals surface area (Å²) in [4.78, 5) is 24.0. The number of carboxylic acid groups (broad SMARTS) is 1. The first-order chi connectivity index (χ1) is 13.6. The Labute approximate surface area is 178 Å². The van der Waals surface area contributed by atoms with Crippen LogP contribution in [0.2, 0.25) is 0 Å². The number of aryl methyl sites for hydroxylation is 1. The van der Waals surface area contributed by atoms with Crippen LogP contribution in [0.25, 0.3) is 6.08 Å². The van der Waals surface area contributed by atoms with E-state index in [0.29, 0.717) is 16.6 Å². The number of rotatable bonds is 5. The lowest BCUT2D eigenvalue weighted by Crippen LogP contribution is -2.41. The van der Waals surface area contributed by atoms with Crippen molar-refractivity contribution in [3.8, 4) is 0 Å². The second kappa shape index (κ2) is 8.43. The van der Waals surface area contributed by atoms with Gasteiger partial charge < -0.3 is 24.5 Å². The molecule has 1 saturated heterocycles. The topological polar surface area (TPSA) is 94.1 Å². The highest BCUT2D eigenvalue weighted by Gasteiger charge is 2.52. The quantitative estimate of drug-likeness (QED) is 0.697. The number of ether oxygens (including phenoxy) is 1. The molecule has 7 nitrogen and oxygen atoms in total. The Morgan fingerprint density at radius 2 is 1.73 bits per heavy atom. The summed E-state index contributed by atoms with van der Waals surface area (Å²) in [6, 6.07) is 5.25. The van der Waals surface area contributed by atoms with E-state index in [1.165, 1.54) is 0 Å². The molecule has 2 N–H and O–H groups in total. The lowest BCUT2D eigenvalue weighted by molar-refractivity contribution is 0.00578. The number of carbonyl (C=O) groups excluding carboxylic acids is 1. The van der Waals surface area contributed by atoms with Crippen molar-refractivity contribution >= 4 is 25.3 Å². The van der Waals surface area contributed by atoms with Crippen LogP contribution in [-0.4, -0.2) is 47.6 Å². The molecule has 0 saturated carbocycles. The molecule has 1 aromatic carbocycles. The fraction of sp³-hybridized carbons (Fsp3) is 0.545. The second-order valence-corrected chi connectivity index (χ2v) is 9.51. The highest BCUT2D eigenvalue weighted by molar-refractivity contribution is 6.56. The van der Waals surface area contributed by atoms with Crippen LogP contribution in [0.15, 0.2) is 23.7 Å². The predicted octanol–water partition coefficient (Wildman–Crippen LogP) is 4.23. The molecule has 0 atom stereocenters. The molecule has 0 unspecified atom stereocenters. The van der Waals surface area contributed by atoms with Gasteiger partial charge in [0.25, 0.3) is 0 Å². The van der Waals surface area contributed by atoms with Gasteiger partial charge >= 0.3 is 19.2 Å². The lowest BCUT2D eigenvalue weighted by atomic mass is 9.76. The molecule has 1 aliphatic rings. The van der Waals surface area contributed by atoms with Crippen LogP contribution in [0.1, 0.15) is 70.0 Å². The summed E-state index contributed by atoms with van der Waals surface area (Å²) >= 11 is 0. The van der Waals surface area contributed by atoms with E-state index in [-0.39, 0.29) is 12.1 Å². The normalized spacial score (nSPS) is 18.3. The number of hydrogen-bond donors (Lipinski definition) is 2. The van der Waals surface area contributed by atoms with E-state index in [1.807, 2.05) is 27.7 Å². The molecule has 0 spiro atoms. The number of hydrogen-bond acceptors (Lipinski definition) is 5. The number of alkyl carbamates (subject to hydrolysis) is 1. The maximum absolute atomic E-state index is 12.2. The fourth-order valence-electron chi connectivity index (χ4n) is 2.99. The summed E-state index contributed by atoms with van der Waals surface area (Å²) in [6.07, 6.45) is 1.13. The first-order valence-electron chi connectivity index (χ1n) is 9.99. The van der Waals surface area contributed by atoms with Gasteiger partial charge in [0, 0.05) is 6.54 Å². The van der Waals surface area contributed by atoms with Crippen molar-refractivity contribution in [2.24, 2.45) is 0 Å². The molecule has 1 heterocycles. The standard InChI is InChI=1S/C22H32BNO6/c1-14-10-9-11-15(17(14)18(25)26)12-16(13-24-19(27)28-20(2,3)4)23-29-21(5,6)22(7,8)30-23/h9-12H,13H2,1-8H3,(H,24,27)(H,25,26). The Bertz CT molecular complexity index is 838. The highest BCUT2D eigenvalue weighted by atomic mass is 16.7. The van der Waals surface area contributed by atoms with Crippen molar-refractivity contribution in [1.82, 2.24) is 5.32 Å². The monoisotopic (exact) mass is 417 g/mol. The molecule has 1 aliphatic heterocycles. The maximum atomic E-state index is 12.2. The minimum absolute atomic E-state index is 0.0821. The molecule has 8 heteroatoms. The van der Waals surface area contributed by atoms with E-state index in [9.17, 15) is 14.7 Å². The van der Waals surface area contributed by atoms with Gasteiger partial charge in [-0.3, -0.25) is 0 Å². The number of amides is 1. The zero-order valence-electron chi connectivity index (χ0n) is 19.1. The van der Waals surface area contributed by atoms with E-state index in [4.69, 9.17) is 14.0 Å². The van der Waals surface area contributed by atoms with E-state index in [0.717, 1.165) is 0 Å². The van der Waals surface area contributed by atoms with Crippen LogP contribution < -0.4 is 5.32 Å². The molecule has 1 aromatic rings. The minimum Gasteiger partial charge on any atom is -0.478 e. The molecule has 0 aliphatic carbocycles. The fourth-order valence-corrected chi connectivity index (χ4v) is 2.99. The lowest BCUT2D eigenvalue weighted by Gasteiger charge is -2.32. The van der Waals surface area contributed by atoms with Crippen molar-refractivity contribution in [2.45, 2.75) is 72.2 Å². The summed E-state index contributed by atoms with van der Waals surface area (Å²) in [7, 11) is -0.743. The van der Waals surface area contributed by atoms with Crippen LogP contribution in [0, 0.1) is 6.92 Å². The molecule has 2 rings (SSSR count). The number of carbonyl (C=O) groups is 2. The van der Waals surface area contributed by atoms with Crippen molar-refractivity contribution in [3.63, 3.8) is 0 Å². The molecule has 0 aromatic heterocycles. The van der Waals surface area contributed by atoms with E-state index >= 15 is 0 Å². The Kier molecular flexibility index (Phi) is 6.74. The number of benzene rings is 1. The summed E-state index contributed by atoms with van der Waals surface area (Å²) < 4.78 is 17.6. The number of aromatic carboxylic acids is 1. The Balaban J connectivity index is 2.40. The van der Waals surface area contributed by atoms with Gasteiger partial charge in [0.05, 0.1) is 16.8 Å². The largest absolute Gasteiger partial charge is 0.492 e. The van der Waals surface area contributed by atoms with Crippen LogP contribution in [0.4, 0.5) is 4.79 Å². The van der Waals surface area contributed by atoms with Gasteiger partial charge in [-0.25, -0.2) is 9.59 Å². The molecule has 0 bridgehead atoms. The Morgan fingerprint density at radius 1 is 1.17 bits per heavy atom. The molecular formula is C22H32BNO6. The molecule has 1 fully saturated rings. The van der Waals surface area contributed by atoms with Gasteiger partial charge in [-0.2, -0.15) is 0 Å². The molecule has 164 valence electrons. The molecule has 1 amide bonds. The Hall–Kier alpha value is -2.32. The van der Waals surface area contributed by atoms with Gasteiger partial charge in [0.15, 0.2) is 0 Å². The van der Waals surface area contributed by atoms with Crippen molar-refractivity contribution < 1.29 is 28.7 Å². The first-order valence-corrected chi connectivity index (χ1v) is 9.99. The average molecular weight is 417 g/mol. The van der Waals surface area contributed by atoms with E-state index in [1.54, 1.807) is 52.0 Å². The minimum atomic E-state index is -1.02. The van der Waals surface area contributed by atoms with Crippen LogP contribution in [0.3, 0.4) is 0 Å². The third kappa shape index (κ3) is 5.64. The smallest absolute Gasteiger partial charge is 0.478 e. The summed E-state index contributed by atoms with van der Waals surface area (Å²) in [5.41, 5.74) is 0.153. The third-order valence-corrected chi connectivity index (χ3v) is 5.25. The summed E-state index contributed by atoms with van der Waals surface area (Å²) in [5.74, 6) is -1.02. The zero-order chi connectivity index (χ0) is 22.9. The molecular weight excluding hydrogens is 385 g/mol.